The molecule has 0 spiro atoms. The smallest absolute Gasteiger partial charge is 0.267 e. The van der Waals surface area contributed by atoms with Gasteiger partial charge in [-0.3, -0.25) is 9.59 Å². The van der Waals surface area contributed by atoms with E-state index in [1.807, 2.05) is 20.8 Å². The topological polar surface area (TPSA) is 40.6 Å². The van der Waals surface area contributed by atoms with Crippen LogP contribution in [-0.2, 0) is 9.59 Å². The van der Waals surface area contributed by atoms with Crippen molar-refractivity contribution >= 4 is 11.8 Å². The van der Waals surface area contributed by atoms with E-state index in [0.717, 1.165) is 0 Å². The molecular formula is C18H31F3N2O2. The summed E-state index contributed by atoms with van der Waals surface area (Å²) in [5, 5.41) is 0. The Labute approximate surface area is 148 Å². The van der Waals surface area contributed by atoms with Crippen LogP contribution in [0.2, 0.25) is 0 Å². The molecule has 3 atom stereocenters. The van der Waals surface area contributed by atoms with Gasteiger partial charge in [0.15, 0.2) is 0 Å². The van der Waals surface area contributed by atoms with Crippen molar-refractivity contribution in [1.29, 1.82) is 0 Å². The summed E-state index contributed by atoms with van der Waals surface area (Å²) >= 11 is 0. The fourth-order valence-electron chi connectivity index (χ4n) is 3.24. The van der Waals surface area contributed by atoms with Crippen LogP contribution in [0.4, 0.5) is 13.2 Å². The van der Waals surface area contributed by atoms with Crippen LogP contribution < -0.4 is 0 Å². The molecule has 0 bridgehead atoms. The average Bonchev–Trinajstić information content (AvgIpc) is 2.95. The zero-order valence-corrected chi connectivity index (χ0v) is 16.1. The molecule has 2 aliphatic rings. The molecule has 2 rings (SSSR count). The number of alkyl halides is 3. The lowest BCUT2D eigenvalue weighted by molar-refractivity contribution is -0.136. The monoisotopic (exact) mass is 364 g/mol. The van der Waals surface area contributed by atoms with Gasteiger partial charge in [-0.25, -0.2) is 13.2 Å². The van der Waals surface area contributed by atoms with Crippen LogP contribution in [0.3, 0.4) is 0 Å². The third-order valence-electron chi connectivity index (χ3n) is 4.61. The van der Waals surface area contributed by atoms with Gasteiger partial charge in [-0.2, -0.15) is 0 Å². The number of halogens is 3. The number of nitrogens with zero attached hydrogens (tertiary/aromatic N) is 2. The maximum absolute atomic E-state index is 12.9. The molecule has 0 N–H and O–H groups in total. The maximum Gasteiger partial charge on any atom is 0.267 e. The van der Waals surface area contributed by atoms with E-state index in [2.05, 4.69) is 0 Å². The zero-order valence-electron chi connectivity index (χ0n) is 16.1. The van der Waals surface area contributed by atoms with Crippen molar-refractivity contribution < 1.29 is 22.8 Å². The van der Waals surface area contributed by atoms with Crippen LogP contribution in [0, 0.1) is 11.8 Å². The quantitative estimate of drug-likeness (QED) is 0.752. The Kier molecular flexibility index (Phi) is 7.32. The summed E-state index contributed by atoms with van der Waals surface area (Å²) in [4.78, 5) is 25.8. The van der Waals surface area contributed by atoms with Gasteiger partial charge in [0.1, 0.15) is 6.17 Å². The van der Waals surface area contributed by atoms with Crippen LogP contribution in [0.1, 0.15) is 54.4 Å². The number of amides is 2. The second kappa shape index (κ2) is 8.41. The van der Waals surface area contributed by atoms with Gasteiger partial charge >= 0.3 is 0 Å². The van der Waals surface area contributed by atoms with Crippen LogP contribution in [-0.4, -0.2) is 58.9 Å². The van der Waals surface area contributed by atoms with Crippen LogP contribution in [0.5, 0.6) is 0 Å². The molecular weight excluding hydrogens is 333 g/mol. The van der Waals surface area contributed by atoms with Crippen molar-refractivity contribution in [3.63, 3.8) is 0 Å². The first-order valence-electron chi connectivity index (χ1n) is 8.98. The number of carbonyl (C=O) groups excluding carboxylic acids is 2. The molecule has 0 aromatic heterocycles. The molecule has 4 nitrogen and oxygen atoms in total. The minimum Gasteiger partial charge on any atom is -0.337 e. The summed E-state index contributed by atoms with van der Waals surface area (Å²) in [5.74, 6) is -3.01. The second-order valence-electron chi connectivity index (χ2n) is 7.86. The lowest BCUT2D eigenvalue weighted by Gasteiger charge is -2.22. The highest BCUT2D eigenvalue weighted by molar-refractivity contribution is 5.79. The van der Waals surface area contributed by atoms with Gasteiger partial charge in [0, 0.05) is 36.8 Å². The number of hydrogen-bond acceptors (Lipinski definition) is 2. The van der Waals surface area contributed by atoms with Crippen LogP contribution in [0.15, 0.2) is 0 Å². The molecule has 0 saturated carbocycles. The van der Waals surface area contributed by atoms with Crippen LogP contribution >= 0.6 is 0 Å². The van der Waals surface area contributed by atoms with E-state index >= 15 is 0 Å². The molecule has 2 heterocycles. The fourth-order valence-corrected chi connectivity index (χ4v) is 3.24. The Bertz CT molecular complexity index is 483. The van der Waals surface area contributed by atoms with E-state index in [0.29, 0.717) is 6.42 Å². The minimum absolute atomic E-state index is 0.0160. The molecule has 0 aromatic carbocycles. The van der Waals surface area contributed by atoms with E-state index in [1.165, 1.54) is 4.90 Å². The molecule has 2 aliphatic heterocycles. The van der Waals surface area contributed by atoms with Gasteiger partial charge in [0.25, 0.3) is 5.92 Å². The third kappa shape index (κ3) is 5.89. The van der Waals surface area contributed by atoms with Gasteiger partial charge in [-0.05, 0) is 13.8 Å². The predicted octanol–water partition coefficient (Wildman–Crippen LogP) is 3.50. The van der Waals surface area contributed by atoms with Gasteiger partial charge in [0.05, 0.1) is 13.1 Å². The molecule has 2 fully saturated rings. The molecule has 2 saturated heterocycles. The van der Waals surface area contributed by atoms with E-state index in [-0.39, 0.29) is 48.7 Å². The molecule has 2 amide bonds. The zero-order chi connectivity index (χ0) is 19.5. The van der Waals surface area contributed by atoms with E-state index in [4.69, 9.17) is 0 Å². The first kappa shape index (κ1) is 21.8. The van der Waals surface area contributed by atoms with E-state index in [1.54, 1.807) is 25.7 Å². The van der Waals surface area contributed by atoms with Gasteiger partial charge in [-0.1, -0.05) is 27.7 Å². The Morgan fingerprint density at radius 3 is 1.76 bits per heavy atom. The van der Waals surface area contributed by atoms with Crippen molar-refractivity contribution in [3.05, 3.63) is 0 Å². The highest BCUT2D eigenvalue weighted by Crippen LogP contribution is 2.32. The minimum atomic E-state index is -2.69. The summed E-state index contributed by atoms with van der Waals surface area (Å²) in [7, 11) is 0. The molecule has 25 heavy (non-hydrogen) atoms. The SMILES string of the molecule is CC(C)C(=O)N1CC(F)(F)C[C@H]1C.CC(C)C(=O)N1CC(F)C[C@H]1C. The first-order chi connectivity index (χ1) is 11.4. The molecule has 0 radical (unpaired) electrons. The van der Waals surface area contributed by atoms with Crippen molar-refractivity contribution in [2.75, 3.05) is 13.1 Å². The van der Waals surface area contributed by atoms with Crippen molar-refractivity contribution in [2.45, 2.75) is 78.6 Å². The van der Waals surface area contributed by atoms with E-state index in [9.17, 15) is 22.8 Å². The molecule has 0 aromatic rings. The molecule has 0 aliphatic carbocycles. The fraction of sp³-hybridized carbons (Fsp3) is 0.889. The van der Waals surface area contributed by atoms with Gasteiger partial charge < -0.3 is 9.80 Å². The van der Waals surface area contributed by atoms with E-state index < -0.39 is 18.6 Å². The van der Waals surface area contributed by atoms with Crippen LogP contribution in [0.25, 0.3) is 0 Å². The highest BCUT2D eigenvalue weighted by Gasteiger charge is 2.45. The molecule has 1 unspecified atom stereocenters. The maximum atomic E-state index is 12.9. The predicted molar refractivity (Wildman–Crippen MR) is 91.1 cm³/mol. The summed E-state index contributed by atoms with van der Waals surface area (Å²) < 4.78 is 38.6. The molecule has 146 valence electrons. The summed E-state index contributed by atoms with van der Waals surface area (Å²) in [6.07, 6.45) is -0.521. The average molecular weight is 364 g/mol. The summed E-state index contributed by atoms with van der Waals surface area (Å²) in [6.45, 7) is 10.6. The summed E-state index contributed by atoms with van der Waals surface area (Å²) in [6, 6.07) is -0.250. The molecule has 7 heteroatoms. The Hall–Kier alpha value is -1.27. The van der Waals surface area contributed by atoms with Gasteiger partial charge in [0.2, 0.25) is 11.8 Å². The Morgan fingerprint density at radius 2 is 1.44 bits per heavy atom. The van der Waals surface area contributed by atoms with Crippen molar-refractivity contribution in [3.8, 4) is 0 Å². The number of rotatable bonds is 2. The van der Waals surface area contributed by atoms with Crippen molar-refractivity contribution in [1.82, 2.24) is 9.80 Å². The third-order valence-corrected chi connectivity index (χ3v) is 4.61. The Balaban J connectivity index is 0.000000251. The van der Waals surface area contributed by atoms with Crippen molar-refractivity contribution in [2.24, 2.45) is 11.8 Å². The Morgan fingerprint density at radius 1 is 0.960 bits per heavy atom. The first-order valence-corrected chi connectivity index (χ1v) is 8.98. The summed E-state index contributed by atoms with van der Waals surface area (Å²) in [5.41, 5.74) is 0. The lowest BCUT2D eigenvalue weighted by atomic mass is 10.1. The standard InChI is InChI=1S/C9H15F2NO.C9H16FNO/c1-6(2)8(13)12-5-9(10,11)4-7(12)3;1-6(2)9(12)11-5-8(10)4-7(11)3/h6-7H,4-5H2,1-3H3;6-8H,4-5H2,1-3H3/t7-;7-,8?/m11/s1. The number of carbonyl (C=O) groups is 2. The second-order valence-corrected chi connectivity index (χ2v) is 7.86. The lowest BCUT2D eigenvalue weighted by Crippen LogP contribution is -2.37. The largest absolute Gasteiger partial charge is 0.337 e. The van der Waals surface area contributed by atoms with Gasteiger partial charge in [-0.15, -0.1) is 0 Å². The highest BCUT2D eigenvalue weighted by atomic mass is 19.3. The normalized spacial score (nSPS) is 28.4. The number of likely N-dealkylation sites (tertiary alicyclic amines) is 2. The number of hydrogen-bond donors (Lipinski definition) is 0.